The maximum Gasteiger partial charge on any atom is 0.0621 e. The highest BCUT2D eigenvalue weighted by Gasteiger charge is 1.81. The predicted octanol–water partition coefficient (Wildman–Crippen LogP) is 2.24. The van der Waals surface area contributed by atoms with Crippen molar-refractivity contribution >= 4 is 15.9 Å². The fourth-order valence-corrected chi connectivity index (χ4v) is 0.582. The van der Waals surface area contributed by atoms with Crippen molar-refractivity contribution in [1.29, 1.82) is 5.26 Å². The summed E-state index contributed by atoms with van der Waals surface area (Å²) in [6.45, 7) is 0. The first kappa shape index (κ1) is 6.97. The molecule has 0 saturated carbocycles. The second-order valence-electron chi connectivity index (χ2n) is 1.20. The fraction of sp³-hybridized carbons (Fsp3) is 0.600. The van der Waals surface area contributed by atoms with E-state index in [9.17, 15) is 0 Å². The Balaban J connectivity index is 2.60. The normalized spacial score (nSPS) is 8.00. The van der Waals surface area contributed by atoms with Gasteiger partial charge in [0.1, 0.15) is 0 Å². The lowest BCUT2D eigenvalue weighted by atomic mass is 10.3. The standard InChI is InChI=1S/C5H7BrN/c6-4-2-1-3-5-7/h4H,1-3H2. The number of nitriles is 1. The van der Waals surface area contributed by atoms with Crippen molar-refractivity contribution in [3.8, 4) is 6.07 Å². The van der Waals surface area contributed by atoms with Crippen LogP contribution in [0, 0.1) is 16.7 Å². The first-order valence-electron chi connectivity index (χ1n) is 2.20. The molecule has 0 aromatic heterocycles. The minimum absolute atomic E-state index is 0.669. The van der Waals surface area contributed by atoms with Gasteiger partial charge in [-0.25, -0.2) is 0 Å². The zero-order valence-corrected chi connectivity index (χ0v) is 5.61. The third-order valence-electron chi connectivity index (χ3n) is 0.602. The average molecular weight is 161 g/mol. The Kier molecular flexibility index (Phi) is 5.94. The molecule has 0 N–H and O–H groups in total. The summed E-state index contributed by atoms with van der Waals surface area (Å²) < 4.78 is 0. The van der Waals surface area contributed by atoms with Gasteiger partial charge in [0.15, 0.2) is 0 Å². The molecule has 1 radical (unpaired) electrons. The Morgan fingerprint density at radius 2 is 2.43 bits per heavy atom. The number of unbranched alkanes of at least 4 members (excludes halogenated alkanes) is 2. The molecule has 7 heavy (non-hydrogen) atoms. The van der Waals surface area contributed by atoms with E-state index in [2.05, 4.69) is 22.0 Å². The smallest absolute Gasteiger partial charge is 0.0621 e. The lowest BCUT2D eigenvalue weighted by Gasteiger charge is -1.82. The summed E-state index contributed by atoms with van der Waals surface area (Å²) in [6, 6.07) is 2.06. The molecule has 0 saturated heterocycles. The highest BCUT2D eigenvalue weighted by atomic mass is 79.9. The molecular weight excluding hydrogens is 154 g/mol. The van der Waals surface area contributed by atoms with Crippen LogP contribution in [0.2, 0.25) is 0 Å². The van der Waals surface area contributed by atoms with Crippen LogP contribution in [-0.2, 0) is 0 Å². The first-order chi connectivity index (χ1) is 3.41. The summed E-state index contributed by atoms with van der Waals surface area (Å²) in [7, 11) is 0. The molecule has 0 atom stereocenters. The van der Waals surface area contributed by atoms with E-state index in [-0.39, 0.29) is 0 Å². The highest BCUT2D eigenvalue weighted by molar-refractivity contribution is 9.10. The second-order valence-corrected chi connectivity index (χ2v) is 1.85. The summed E-state index contributed by atoms with van der Waals surface area (Å²) >= 11 is 3.15. The van der Waals surface area contributed by atoms with E-state index in [1.165, 1.54) is 0 Å². The number of halogens is 1. The molecule has 0 rings (SSSR count). The maximum atomic E-state index is 8.01. The minimum atomic E-state index is 0.669. The summed E-state index contributed by atoms with van der Waals surface area (Å²) in [6.07, 6.45) is 2.64. The van der Waals surface area contributed by atoms with Crippen LogP contribution in [0.15, 0.2) is 0 Å². The van der Waals surface area contributed by atoms with E-state index in [4.69, 9.17) is 5.26 Å². The van der Waals surface area contributed by atoms with Gasteiger partial charge in [0, 0.05) is 11.8 Å². The quantitative estimate of drug-likeness (QED) is 0.582. The molecule has 2 heteroatoms. The zero-order valence-electron chi connectivity index (χ0n) is 4.02. The Bertz CT molecular complexity index is 65.0. The Morgan fingerprint density at radius 3 is 2.86 bits per heavy atom. The minimum Gasteiger partial charge on any atom is -0.198 e. The Labute approximate surface area is 52.5 Å². The lowest BCUT2D eigenvalue weighted by Crippen LogP contribution is -1.67. The predicted molar refractivity (Wildman–Crippen MR) is 32.7 cm³/mol. The van der Waals surface area contributed by atoms with Crippen molar-refractivity contribution in [2.45, 2.75) is 19.3 Å². The van der Waals surface area contributed by atoms with Crippen molar-refractivity contribution in [2.75, 3.05) is 0 Å². The van der Waals surface area contributed by atoms with Gasteiger partial charge in [0.05, 0.1) is 6.07 Å². The largest absolute Gasteiger partial charge is 0.198 e. The number of rotatable bonds is 3. The summed E-state index contributed by atoms with van der Waals surface area (Å²) in [5.74, 6) is 0. The molecule has 1 nitrogen and oxygen atoms in total. The Hall–Kier alpha value is -0.0300. The van der Waals surface area contributed by atoms with Gasteiger partial charge in [-0.05, 0) is 12.8 Å². The van der Waals surface area contributed by atoms with Gasteiger partial charge in [-0.2, -0.15) is 5.26 Å². The molecule has 0 fully saturated rings. The van der Waals surface area contributed by atoms with E-state index in [0.717, 1.165) is 12.8 Å². The molecule has 0 aliphatic rings. The van der Waals surface area contributed by atoms with Gasteiger partial charge in [-0.3, -0.25) is 0 Å². The molecule has 0 aromatic rings. The van der Waals surface area contributed by atoms with Crippen LogP contribution in [0.1, 0.15) is 19.3 Å². The van der Waals surface area contributed by atoms with Crippen molar-refractivity contribution in [3.05, 3.63) is 5.33 Å². The van der Waals surface area contributed by atoms with E-state index in [0.29, 0.717) is 6.42 Å². The fourth-order valence-electron chi connectivity index (χ4n) is 0.258. The number of hydrogen-bond donors (Lipinski definition) is 0. The highest BCUT2D eigenvalue weighted by Crippen LogP contribution is 2.01. The Morgan fingerprint density at radius 1 is 1.71 bits per heavy atom. The van der Waals surface area contributed by atoms with Crippen LogP contribution in [0.5, 0.6) is 0 Å². The summed E-state index contributed by atoms with van der Waals surface area (Å²) in [5.41, 5.74) is 0. The van der Waals surface area contributed by atoms with Crippen LogP contribution in [0.3, 0.4) is 0 Å². The lowest BCUT2D eigenvalue weighted by molar-refractivity contribution is 0.868. The molecule has 0 unspecified atom stereocenters. The topological polar surface area (TPSA) is 23.8 Å². The zero-order chi connectivity index (χ0) is 5.54. The summed E-state index contributed by atoms with van der Waals surface area (Å²) in [5, 5.41) is 9.91. The van der Waals surface area contributed by atoms with Gasteiger partial charge >= 0.3 is 0 Å². The van der Waals surface area contributed by atoms with Crippen molar-refractivity contribution in [3.63, 3.8) is 0 Å². The molecule has 0 spiro atoms. The van der Waals surface area contributed by atoms with Crippen LogP contribution in [-0.4, -0.2) is 0 Å². The molecule has 39 valence electrons. The van der Waals surface area contributed by atoms with Crippen molar-refractivity contribution in [1.82, 2.24) is 0 Å². The third kappa shape index (κ3) is 5.97. The van der Waals surface area contributed by atoms with Gasteiger partial charge in [-0.15, -0.1) is 0 Å². The van der Waals surface area contributed by atoms with Crippen LogP contribution in [0.4, 0.5) is 0 Å². The third-order valence-corrected chi connectivity index (χ3v) is 1.06. The van der Waals surface area contributed by atoms with E-state index in [1.54, 1.807) is 0 Å². The van der Waals surface area contributed by atoms with Gasteiger partial charge < -0.3 is 0 Å². The van der Waals surface area contributed by atoms with Crippen molar-refractivity contribution < 1.29 is 0 Å². The van der Waals surface area contributed by atoms with Crippen LogP contribution < -0.4 is 0 Å². The van der Waals surface area contributed by atoms with E-state index >= 15 is 0 Å². The molecule has 0 aliphatic heterocycles. The average Bonchev–Trinajstić information content (AvgIpc) is 1.69. The van der Waals surface area contributed by atoms with E-state index < -0.39 is 0 Å². The monoisotopic (exact) mass is 160 g/mol. The molecule has 0 aromatic carbocycles. The van der Waals surface area contributed by atoms with E-state index in [1.807, 2.05) is 5.33 Å². The first-order valence-corrected chi connectivity index (χ1v) is 3.12. The van der Waals surface area contributed by atoms with Crippen LogP contribution >= 0.6 is 15.9 Å². The number of nitrogens with zero attached hydrogens (tertiary/aromatic N) is 1. The summed E-state index contributed by atoms with van der Waals surface area (Å²) in [4.78, 5) is 0. The number of hydrogen-bond acceptors (Lipinski definition) is 1. The second kappa shape index (κ2) is 5.97. The molecule has 0 bridgehead atoms. The van der Waals surface area contributed by atoms with Crippen molar-refractivity contribution in [2.24, 2.45) is 0 Å². The van der Waals surface area contributed by atoms with Gasteiger partial charge in [0.2, 0.25) is 0 Å². The van der Waals surface area contributed by atoms with Gasteiger partial charge in [-0.1, -0.05) is 15.9 Å². The maximum absolute atomic E-state index is 8.01. The van der Waals surface area contributed by atoms with Crippen LogP contribution in [0.25, 0.3) is 0 Å². The molecule has 0 heterocycles. The molecule has 0 amide bonds. The molecule has 0 aliphatic carbocycles. The SMILES string of the molecule is N#CCCC[CH]Br. The van der Waals surface area contributed by atoms with Gasteiger partial charge in [0.25, 0.3) is 0 Å². The molecular formula is C5H7BrN.